The van der Waals surface area contributed by atoms with E-state index in [0.717, 1.165) is 16.7 Å². The van der Waals surface area contributed by atoms with Crippen LogP contribution in [-0.2, 0) is 71.2 Å². The summed E-state index contributed by atoms with van der Waals surface area (Å²) in [5.74, 6) is -0.250. The molecule has 0 aliphatic carbocycles. The van der Waals surface area contributed by atoms with Crippen LogP contribution < -0.4 is 31.9 Å². The van der Waals surface area contributed by atoms with Gasteiger partial charge in [-0.05, 0) is 71.2 Å². The van der Waals surface area contributed by atoms with Crippen LogP contribution >= 0.6 is 0 Å². The molecular formula is C74H84N18O18. The largest absolute Gasteiger partial charge is 0.466 e. The lowest BCUT2D eigenvalue weighted by atomic mass is 10.1. The number of hydrogen-bond donors (Lipinski definition) is 6. The maximum Gasteiger partial charge on any atom is 0.320 e. The summed E-state index contributed by atoms with van der Waals surface area (Å²) in [4.78, 5) is 112. The van der Waals surface area contributed by atoms with Gasteiger partial charge in [0, 0.05) is 31.6 Å². The summed E-state index contributed by atoms with van der Waals surface area (Å²) in [7, 11) is 0. The van der Waals surface area contributed by atoms with Crippen molar-refractivity contribution in [2.45, 2.75) is 160 Å². The third kappa shape index (κ3) is 17.8. The van der Waals surface area contributed by atoms with E-state index in [1.165, 1.54) is 19.0 Å². The van der Waals surface area contributed by atoms with Gasteiger partial charge >= 0.3 is 36.0 Å². The van der Waals surface area contributed by atoms with Crippen molar-refractivity contribution < 1.29 is 85.6 Å². The van der Waals surface area contributed by atoms with Crippen LogP contribution in [0.5, 0.6) is 0 Å². The summed E-state index contributed by atoms with van der Waals surface area (Å²) in [6.07, 6.45) is 8.40. The number of benzene rings is 3. The first-order valence-electron chi connectivity index (χ1n) is 36.3. The van der Waals surface area contributed by atoms with Gasteiger partial charge in [-0.15, -0.1) is 0 Å². The Morgan fingerprint density at radius 3 is 1.15 bits per heavy atom. The minimum Gasteiger partial charge on any atom is -0.466 e. The van der Waals surface area contributed by atoms with E-state index in [2.05, 4.69) is 76.8 Å². The molecule has 6 amide bonds. The standard InChI is InChI=1S/C26H30N6O6.C25H28N6O6.C23H26N6O6/c1-3-27-26(34)31-23-20-24(29-14-28-23)32(15-30-20)25-22-21(17(36-25)11-12-18(33)35-4-2)37-19(38-22)13-10-16-8-6-5-7-9-16;1-3-26-25(33)30-22-19-23(28-13-27-22)31(14-29-19)24-21-20(16(35-24)12-17(32)34-4-2)36-18(37-21)11-10-15-8-6-5-7-9-15;1-3-24-23(31)28-19-16-20(26-11-25-19)29(12-27-16)21-18-17(14(33-21)10-15(30)32-4-2)34-22(35-18)13-8-6-5-7-9-13/h5-10,13-15,17,19,21-22,25H,3-4,11-12H2,1-2H3,(H2,27,28,29,31,34);5-11,13-14,16,18,20-21,24H,3-4,12H2,1-2H3,(H2,26,27,28,30,33);5-9,11-12,14,17-18,21-22H,3-4,10H2,1-2H3,(H2,24,25,26,28,31)/b13-10+;11-10+;/t17?,19-,21?,22?,25?;16?,18-,20?,21?,24?;14?,17?,18?,21?,22-/m000/s1. The van der Waals surface area contributed by atoms with E-state index in [1.54, 1.807) is 53.5 Å². The number of urea groups is 3. The van der Waals surface area contributed by atoms with Crippen LogP contribution in [-0.4, -0.2) is 202 Å². The Kier molecular flexibility index (Phi) is 25.3. The Labute approximate surface area is 629 Å². The molecule has 0 saturated carbocycles. The fraction of sp³-hybridized carbons (Fsp3) is 0.419. The molecule has 15 atom stereocenters. The normalized spacial score (nSPS) is 24.9. The van der Waals surface area contributed by atoms with E-state index in [9.17, 15) is 28.8 Å². The SMILES string of the molecule is CCNC(=O)Nc1ncnc2c1ncn2C1OC(CC(=O)OCC)C2O[C@H](/C=C/c3ccccc3)OC21.CCNC(=O)Nc1ncnc2c1ncn2C1OC(CC(=O)OCC)C2O[C@H](c3ccccc3)OC21.CCNC(=O)Nc1ncnc2c1ncn2C1OC(CCC(=O)OCC)C2O[C@H](/C=C/c3ccccc3)OC21. The van der Waals surface area contributed by atoms with Crippen molar-refractivity contribution in [2.75, 3.05) is 55.4 Å². The zero-order valence-corrected chi connectivity index (χ0v) is 60.9. The lowest BCUT2D eigenvalue weighted by Gasteiger charge is -2.21. The van der Waals surface area contributed by atoms with Gasteiger partial charge in [-0.2, -0.15) is 0 Å². The van der Waals surface area contributed by atoms with Crippen LogP contribution in [0.15, 0.2) is 141 Å². The average molecular weight is 1510 g/mol. The van der Waals surface area contributed by atoms with Gasteiger partial charge in [0.05, 0.1) is 70.0 Å². The number of carbonyl (C=O) groups is 6. The summed E-state index contributed by atoms with van der Waals surface area (Å²) in [5.41, 5.74) is 5.44. The van der Waals surface area contributed by atoms with Crippen molar-refractivity contribution in [3.63, 3.8) is 0 Å². The molecule has 15 rings (SSSR count). The summed E-state index contributed by atoms with van der Waals surface area (Å²) in [5, 5.41) is 16.0. The van der Waals surface area contributed by atoms with Crippen LogP contribution in [0.3, 0.4) is 0 Å². The summed E-state index contributed by atoms with van der Waals surface area (Å²) >= 11 is 0. The lowest BCUT2D eigenvalue weighted by Crippen LogP contribution is -2.30. The lowest BCUT2D eigenvalue weighted by molar-refractivity contribution is -0.161. The number of nitrogens with zero attached hydrogens (tertiary/aromatic N) is 12. The maximum atomic E-state index is 12.3. The second-order valence-electron chi connectivity index (χ2n) is 25.3. The molecule has 578 valence electrons. The van der Waals surface area contributed by atoms with E-state index in [1.807, 2.05) is 136 Å². The number of aromatic nitrogens is 12. The molecule has 36 nitrogen and oxygen atoms in total. The Hall–Kier alpha value is -11.4. The number of fused-ring (bicyclic) bond motifs is 6. The molecule has 3 aromatic carbocycles. The smallest absolute Gasteiger partial charge is 0.320 e. The molecule has 110 heavy (non-hydrogen) atoms. The number of esters is 3. The molecule has 0 radical (unpaired) electrons. The monoisotopic (exact) mass is 1510 g/mol. The average Bonchev–Trinajstić information content (AvgIpc) is 1.61. The van der Waals surface area contributed by atoms with E-state index in [-0.39, 0.29) is 73.9 Å². The zero-order valence-electron chi connectivity index (χ0n) is 60.9. The van der Waals surface area contributed by atoms with Gasteiger partial charge in [-0.3, -0.25) is 44.0 Å². The number of ether oxygens (including phenoxy) is 12. The van der Waals surface area contributed by atoms with Crippen LogP contribution in [0.25, 0.3) is 45.6 Å². The first kappa shape index (κ1) is 76.8. The summed E-state index contributed by atoms with van der Waals surface area (Å²) in [6, 6.07) is 28.0. The third-order valence-electron chi connectivity index (χ3n) is 18.0. The van der Waals surface area contributed by atoms with Crippen molar-refractivity contribution >= 4 is 99.1 Å². The predicted molar refractivity (Wildman–Crippen MR) is 391 cm³/mol. The second-order valence-corrected chi connectivity index (χ2v) is 25.3. The number of imidazole rings is 3. The Morgan fingerprint density at radius 1 is 0.400 bits per heavy atom. The molecule has 0 spiro atoms. The van der Waals surface area contributed by atoms with Gasteiger partial charge in [0.2, 0.25) is 0 Å². The first-order chi connectivity index (χ1) is 53.7. The maximum absolute atomic E-state index is 12.3. The Bertz CT molecular complexity index is 4710. The van der Waals surface area contributed by atoms with Crippen LogP contribution in [0, 0.1) is 0 Å². The fourth-order valence-corrected chi connectivity index (χ4v) is 13.3. The van der Waals surface area contributed by atoms with E-state index >= 15 is 0 Å². The zero-order chi connectivity index (χ0) is 76.6. The van der Waals surface area contributed by atoms with Gasteiger partial charge in [0.25, 0.3) is 0 Å². The predicted octanol–water partition coefficient (Wildman–Crippen LogP) is 7.97. The van der Waals surface area contributed by atoms with Gasteiger partial charge in [-0.25, -0.2) is 59.2 Å². The van der Waals surface area contributed by atoms with Gasteiger partial charge in [0.1, 0.15) is 55.6 Å². The first-order valence-corrected chi connectivity index (χ1v) is 36.3. The van der Waals surface area contributed by atoms with Gasteiger partial charge in [0.15, 0.2) is 88.5 Å². The number of nitrogens with one attached hydrogen (secondary N) is 6. The van der Waals surface area contributed by atoms with Gasteiger partial charge < -0.3 is 72.8 Å². The Balaban J connectivity index is 0.000000145. The molecule has 6 N–H and O–H groups in total. The third-order valence-corrected chi connectivity index (χ3v) is 18.0. The van der Waals surface area contributed by atoms with Crippen LogP contribution in [0.4, 0.5) is 31.8 Å². The summed E-state index contributed by atoms with van der Waals surface area (Å²) in [6.45, 7) is 13.0. The molecule has 12 heterocycles. The van der Waals surface area contributed by atoms with Crippen molar-refractivity contribution in [3.8, 4) is 0 Å². The highest BCUT2D eigenvalue weighted by Gasteiger charge is 2.57. The minimum absolute atomic E-state index is 0.00952. The van der Waals surface area contributed by atoms with Crippen molar-refractivity contribution in [2.24, 2.45) is 0 Å². The molecule has 6 aliphatic rings. The number of carbonyl (C=O) groups excluding carboxylic acids is 6. The van der Waals surface area contributed by atoms with E-state index in [0.29, 0.717) is 66.2 Å². The van der Waals surface area contributed by atoms with Crippen LogP contribution in [0.2, 0.25) is 0 Å². The fourth-order valence-electron chi connectivity index (χ4n) is 13.3. The van der Waals surface area contributed by atoms with Crippen LogP contribution in [0.1, 0.15) is 109 Å². The summed E-state index contributed by atoms with van der Waals surface area (Å²) < 4.78 is 76.8. The number of anilines is 3. The molecule has 6 saturated heterocycles. The van der Waals surface area contributed by atoms with E-state index < -0.39 is 105 Å². The van der Waals surface area contributed by atoms with Gasteiger partial charge in [-0.1, -0.05) is 103 Å². The molecule has 6 fully saturated rings. The molecule has 0 bridgehead atoms. The highest BCUT2D eigenvalue weighted by atomic mass is 16.8. The number of hydrogen-bond acceptors (Lipinski definition) is 27. The van der Waals surface area contributed by atoms with Crippen molar-refractivity contribution in [3.05, 3.63) is 158 Å². The number of rotatable bonds is 24. The molecule has 12 unspecified atom stereocenters. The highest BCUT2D eigenvalue weighted by molar-refractivity contribution is 5.97. The quantitative estimate of drug-likeness (QED) is 0.0246. The molecule has 6 aliphatic heterocycles. The van der Waals surface area contributed by atoms with Crippen molar-refractivity contribution in [1.82, 2.24) is 74.5 Å². The van der Waals surface area contributed by atoms with E-state index in [4.69, 9.17) is 56.8 Å². The number of amides is 6. The minimum atomic E-state index is -0.684. The molecule has 36 heteroatoms. The highest BCUT2D eigenvalue weighted by Crippen LogP contribution is 2.47. The topological polar surface area (TPSA) is 416 Å². The molecular weight excluding hydrogens is 1430 g/mol. The van der Waals surface area contributed by atoms with Crippen molar-refractivity contribution in [1.29, 1.82) is 0 Å². The second kappa shape index (κ2) is 36.2. The molecule has 9 aromatic rings. The Morgan fingerprint density at radius 2 is 0.745 bits per heavy atom. The molecule has 6 aromatic heterocycles.